The lowest BCUT2D eigenvalue weighted by Crippen LogP contribution is -2.14. The van der Waals surface area contributed by atoms with Gasteiger partial charge < -0.3 is 0 Å². The largest absolute Gasteiger partial charge is 0.293 e. The van der Waals surface area contributed by atoms with Crippen LogP contribution in [-0.4, -0.2) is 25.8 Å². The maximum Gasteiger partial charge on any atom is 0.196 e. The van der Waals surface area contributed by atoms with E-state index in [4.69, 9.17) is 0 Å². The number of benzene rings is 3. The van der Waals surface area contributed by atoms with Crippen molar-refractivity contribution in [3.8, 4) is 17.1 Å². The number of rotatable bonds is 6. The molecular formula is C24H21N3OS. The number of hydrogen-bond donors (Lipinski definition) is 0. The van der Waals surface area contributed by atoms with Crippen LogP contribution >= 0.6 is 11.8 Å². The predicted octanol–water partition coefficient (Wildman–Crippen LogP) is 5.61. The first-order valence-corrected chi connectivity index (χ1v) is 10.4. The van der Waals surface area contributed by atoms with Gasteiger partial charge in [-0.2, -0.15) is 0 Å². The molecule has 0 bridgehead atoms. The molecule has 3 aromatic carbocycles. The summed E-state index contributed by atoms with van der Waals surface area (Å²) in [5, 5.41) is 9.28. The number of nitrogens with zero attached hydrogens (tertiary/aromatic N) is 3. The molecule has 0 fully saturated rings. The first kappa shape index (κ1) is 19.2. The Morgan fingerprint density at radius 1 is 0.862 bits per heavy atom. The lowest BCUT2D eigenvalue weighted by Gasteiger charge is -2.13. The molecule has 1 heterocycles. The van der Waals surface area contributed by atoms with Gasteiger partial charge in [0, 0.05) is 16.8 Å². The first-order chi connectivity index (χ1) is 14.1. The predicted molar refractivity (Wildman–Crippen MR) is 118 cm³/mol. The maximum absolute atomic E-state index is 12.9. The van der Waals surface area contributed by atoms with Gasteiger partial charge in [-0.05, 0) is 26.0 Å². The molecular weight excluding hydrogens is 378 g/mol. The van der Waals surface area contributed by atoms with E-state index in [1.54, 1.807) is 0 Å². The average Bonchev–Trinajstić information content (AvgIpc) is 3.18. The number of aromatic nitrogens is 3. The van der Waals surface area contributed by atoms with Crippen molar-refractivity contribution in [1.82, 2.24) is 14.8 Å². The van der Waals surface area contributed by atoms with Crippen LogP contribution in [-0.2, 0) is 0 Å². The number of hydrogen-bond acceptors (Lipinski definition) is 4. The van der Waals surface area contributed by atoms with Crippen molar-refractivity contribution in [3.05, 3.63) is 96.1 Å². The molecule has 4 aromatic rings. The summed E-state index contributed by atoms with van der Waals surface area (Å²) in [6.45, 7) is 3.93. The highest BCUT2D eigenvalue weighted by molar-refractivity contribution is 8.00. The summed E-state index contributed by atoms with van der Waals surface area (Å²) in [6, 6.07) is 27.6. The molecule has 0 amide bonds. The van der Waals surface area contributed by atoms with Crippen LogP contribution in [0.1, 0.15) is 22.8 Å². The minimum Gasteiger partial charge on any atom is -0.293 e. The van der Waals surface area contributed by atoms with Gasteiger partial charge in [0.25, 0.3) is 0 Å². The Bertz CT molecular complexity index is 1110. The van der Waals surface area contributed by atoms with Gasteiger partial charge in [0.2, 0.25) is 0 Å². The van der Waals surface area contributed by atoms with Crippen LogP contribution in [0.3, 0.4) is 0 Å². The normalized spacial score (nSPS) is 11.9. The Morgan fingerprint density at radius 3 is 2.14 bits per heavy atom. The summed E-state index contributed by atoms with van der Waals surface area (Å²) in [7, 11) is 0. The molecule has 0 unspecified atom stereocenters. The van der Waals surface area contributed by atoms with Gasteiger partial charge in [-0.3, -0.25) is 9.36 Å². The van der Waals surface area contributed by atoms with Crippen LogP contribution in [0.4, 0.5) is 0 Å². The monoisotopic (exact) mass is 399 g/mol. The van der Waals surface area contributed by atoms with Crippen molar-refractivity contribution in [2.24, 2.45) is 0 Å². The lowest BCUT2D eigenvalue weighted by atomic mass is 10.1. The van der Waals surface area contributed by atoms with Crippen LogP contribution in [0, 0.1) is 6.92 Å². The van der Waals surface area contributed by atoms with Gasteiger partial charge in [0.1, 0.15) is 0 Å². The van der Waals surface area contributed by atoms with Crippen molar-refractivity contribution >= 4 is 17.5 Å². The van der Waals surface area contributed by atoms with Crippen LogP contribution in [0.2, 0.25) is 0 Å². The fraction of sp³-hybridized carbons (Fsp3) is 0.125. The summed E-state index contributed by atoms with van der Waals surface area (Å²) in [6.07, 6.45) is 0. The van der Waals surface area contributed by atoms with Crippen molar-refractivity contribution in [2.75, 3.05) is 0 Å². The Labute approximate surface area is 174 Å². The van der Waals surface area contributed by atoms with Gasteiger partial charge in [-0.1, -0.05) is 90.1 Å². The molecule has 0 aliphatic carbocycles. The quantitative estimate of drug-likeness (QED) is 0.312. The number of carbonyl (C=O) groups excluding carboxylic acids is 1. The Morgan fingerprint density at radius 2 is 1.48 bits per heavy atom. The topological polar surface area (TPSA) is 47.8 Å². The maximum atomic E-state index is 12.9. The molecule has 0 saturated heterocycles. The number of ketones is 1. The zero-order chi connectivity index (χ0) is 20.2. The zero-order valence-electron chi connectivity index (χ0n) is 16.3. The van der Waals surface area contributed by atoms with Crippen molar-refractivity contribution in [3.63, 3.8) is 0 Å². The number of carbonyl (C=O) groups is 1. The molecule has 1 atom stereocenters. The molecule has 0 radical (unpaired) electrons. The highest BCUT2D eigenvalue weighted by Crippen LogP contribution is 2.31. The lowest BCUT2D eigenvalue weighted by molar-refractivity contribution is 0.0994. The smallest absolute Gasteiger partial charge is 0.196 e. The molecule has 144 valence electrons. The van der Waals surface area contributed by atoms with Crippen molar-refractivity contribution < 1.29 is 4.79 Å². The first-order valence-electron chi connectivity index (χ1n) is 9.47. The van der Waals surface area contributed by atoms with Crippen LogP contribution in [0.5, 0.6) is 0 Å². The van der Waals surface area contributed by atoms with Crippen LogP contribution in [0.25, 0.3) is 17.1 Å². The Balaban J connectivity index is 1.69. The molecule has 4 rings (SSSR count). The molecule has 1 aromatic heterocycles. The molecule has 0 N–H and O–H groups in total. The van der Waals surface area contributed by atoms with Gasteiger partial charge in [0.15, 0.2) is 16.8 Å². The Hall–Kier alpha value is -3.18. The number of Topliss-reactive ketones (excluding diaryl/α,β-unsaturated/α-hetero) is 1. The van der Waals surface area contributed by atoms with E-state index in [2.05, 4.69) is 10.2 Å². The van der Waals surface area contributed by atoms with Crippen LogP contribution in [0.15, 0.2) is 90.1 Å². The highest BCUT2D eigenvalue weighted by atomic mass is 32.2. The van der Waals surface area contributed by atoms with E-state index in [1.165, 1.54) is 11.8 Å². The van der Waals surface area contributed by atoms with E-state index < -0.39 is 0 Å². The molecule has 29 heavy (non-hydrogen) atoms. The van der Waals surface area contributed by atoms with Gasteiger partial charge >= 0.3 is 0 Å². The summed E-state index contributed by atoms with van der Waals surface area (Å²) in [4.78, 5) is 12.9. The summed E-state index contributed by atoms with van der Waals surface area (Å²) < 4.78 is 2.01. The van der Waals surface area contributed by atoms with E-state index in [1.807, 2.05) is 103 Å². The second-order valence-electron chi connectivity index (χ2n) is 6.83. The number of para-hydroxylation sites is 1. The van der Waals surface area contributed by atoms with Crippen molar-refractivity contribution in [2.45, 2.75) is 24.3 Å². The second kappa shape index (κ2) is 8.45. The minimum atomic E-state index is -0.284. The summed E-state index contributed by atoms with van der Waals surface area (Å²) >= 11 is 1.43. The highest BCUT2D eigenvalue weighted by Gasteiger charge is 2.22. The molecule has 5 heteroatoms. The average molecular weight is 400 g/mol. The second-order valence-corrected chi connectivity index (χ2v) is 8.14. The fourth-order valence-corrected chi connectivity index (χ4v) is 4.04. The fourth-order valence-electron chi connectivity index (χ4n) is 3.09. The Kier molecular flexibility index (Phi) is 5.58. The van der Waals surface area contributed by atoms with Gasteiger partial charge in [-0.25, -0.2) is 0 Å². The van der Waals surface area contributed by atoms with E-state index in [0.29, 0.717) is 10.7 Å². The van der Waals surface area contributed by atoms with E-state index >= 15 is 0 Å². The number of thioether (sulfide) groups is 1. The zero-order valence-corrected chi connectivity index (χ0v) is 17.1. The van der Waals surface area contributed by atoms with Gasteiger partial charge in [0.05, 0.1) is 5.25 Å². The molecule has 0 aliphatic rings. The number of aryl methyl sites for hydroxylation is 1. The van der Waals surface area contributed by atoms with E-state index in [0.717, 1.165) is 22.6 Å². The molecule has 0 saturated carbocycles. The van der Waals surface area contributed by atoms with Crippen molar-refractivity contribution in [1.29, 1.82) is 0 Å². The standard InChI is InChI=1S/C24H21N3OS/c1-17-13-15-19(16-14-17)22(28)18(2)29-24-26-25-23(20-9-5-3-6-10-20)27(24)21-11-7-4-8-12-21/h3-16,18H,1-2H3/t18-/m0/s1. The third kappa shape index (κ3) is 4.15. The SMILES string of the molecule is Cc1ccc(C(=O)[C@H](C)Sc2nnc(-c3ccccc3)n2-c2ccccc2)cc1. The van der Waals surface area contributed by atoms with Crippen LogP contribution < -0.4 is 0 Å². The summed E-state index contributed by atoms with van der Waals surface area (Å²) in [5.74, 6) is 0.841. The molecule has 4 nitrogen and oxygen atoms in total. The van der Waals surface area contributed by atoms with Gasteiger partial charge in [-0.15, -0.1) is 10.2 Å². The third-order valence-electron chi connectivity index (χ3n) is 4.67. The molecule has 0 spiro atoms. The van der Waals surface area contributed by atoms with E-state index in [-0.39, 0.29) is 11.0 Å². The minimum absolute atomic E-state index is 0.0823. The molecule has 0 aliphatic heterocycles. The third-order valence-corrected chi connectivity index (χ3v) is 5.71. The van der Waals surface area contributed by atoms with E-state index in [9.17, 15) is 4.79 Å². The summed E-state index contributed by atoms with van der Waals surface area (Å²) in [5.41, 5.74) is 3.80.